The molecule has 0 amide bonds. The number of nitrogens with one attached hydrogen (secondary N) is 2. The van der Waals surface area contributed by atoms with Crippen molar-refractivity contribution in [1.82, 2.24) is 25.3 Å². The van der Waals surface area contributed by atoms with Crippen LogP contribution in [0.5, 0.6) is 0 Å². The minimum Gasteiger partial charge on any atom is -0.348 e. The Hall–Kier alpha value is -2.05. The molecule has 3 heterocycles. The zero-order valence-electron chi connectivity index (χ0n) is 10.9. The number of pyridine rings is 1. The summed E-state index contributed by atoms with van der Waals surface area (Å²) < 4.78 is 0. The third-order valence-corrected chi connectivity index (χ3v) is 3.78. The fourth-order valence-electron chi connectivity index (χ4n) is 1.86. The molecule has 6 heteroatoms. The van der Waals surface area contributed by atoms with Crippen LogP contribution in [0.25, 0.3) is 10.7 Å². The number of H-pyrrole nitrogens is 1. The molecular weight excluding hydrogens is 270 g/mol. The number of aromatic nitrogens is 4. The van der Waals surface area contributed by atoms with Crippen LogP contribution < -0.4 is 5.32 Å². The fourth-order valence-corrected chi connectivity index (χ4v) is 2.65. The van der Waals surface area contributed by atoms with Crippen LogP contribution in [-0.2, 0) is 13.0 Å². The Labute approximate surface area is 121 Å². The maximum Gasteiger partial charge on any atom is 0.142 e. The van der Waals surface area contributed by atoms with Crippen molar-refractivity contribution in [1.29, 1.82) is 0 Å². The van der Waals surface area contributed by atoms with Gasteiger partial charge in [-0.15, -0.1) is 11.3 Å². The Morgan fingerprint density at radius 3 is 3.10 bits per heavy atom. The lowest BCUT2D eigenvalue weighted by Gasteiger charge is -2.00. The van der Waals surface area contributed by atoms with Gasteiger partial charge in [-0.3, -0.25) is 4.98 Å². The summed E-state index contributed by atoms with van der Waals surface area (Å²) in [6.07, 6.45) is 6.29. The molecule has 0 bridgehead atoms. The number of hydrogen-bond acceptors (Lipinski definition) is 5. The highest BCUT2D eigenvalue weighted by molar-refractivity contribution is 7.13. The number of hydrogen-bond donors (Lipinski definition) is 2. The van der Waals surface area contributed by atoms with E-state index in [4.69, 9.17) is 0 Å². The van der Waals surface area contributed by atoms with Gasteiger partial charge in [-0.1, -0.05) is 6.07 Å². The quantitative estimate of drug-likeness (QED) is 0.682. The van der Waals surface area contributed by atoms with Crippen LogP contribution in [-0.4, -0.2) is 26.5 Å². The highest BCUT2D eigenvalue weighted by Gasteiger charge is 2.05. The minimum atomic E-state index is 0.775. The summed E-state index contributed by atoms with van der Waals surface area (Å²) in [5, 5.41) is 6.43. The molecule has 0 atom stereocenters. The molecule has 102 valence electrons. The normalized spacial score (nSPS) is 10.8. The average molecular weight is 285 g/mol. The molecule has 2 N–H and O–H groups in total. The Morgan fingerprint density at radius 2 is 2.30 bits per heavy atom. The first-order valence-electron chi connectivity index (χ1n) is 6.45. The van der Waals surface area contributed by atoms with Crippen LogP contribution in [0.3, 0.4) is 0 Å². The van der Waals surface area contributed by atoms with Gasteiger partial charge in [0.1, 0.15) is 5.01 Å². The molecule has 0 aliphatic heterocycles. The van der Waals surface area contributed by atoms with E-state index in [0.29, 0.717) is 0 Å². The molecule has 0 saturated carbocycles. The van der Waals surface area contributed by atoms with Crippen molar-refractivity contribution in [3.8, 4) is 10.7 Å². The Balaban J connectivity index is 1.50. The monoisotopic (exact) mass is 285 g/mol. The average Bonchev–Trinajstić information content (AvgIpc) is 3.16. The van der Waals surface area contributed by atoms with Crippen molar-refractivity contribution in [3.63, 3.8) is 0 Å². The van der Waals surface area contributed by atoms with E-state index in [-0.39, 0.29) is 0 Å². The van der Waals surface area contributed by atoms with Crippen LogP contribution >= 0.6 is 11.3 Å². The van der Waals surface area contributed by atoms with Crippen LogP contribution in [0.1, 0.15) is 11.4 Å². The Bertz CT molecular complexity index is 633. The molecule has 0 radical (unpaired) electrons. The molecule has 3 aromatic rings. The largest absolute Gasteiger partial charge is 0.348 e. The SMILES string of the molecule is c1ccc(-c2nc(CNCCc3cnc[nH]3)cs2)nc1. The van der Waals surface area contributed by atoms with Crippen LogP contribution in [0, 0.1) is 0 Å². The molecule has 0 spiro atoms. The molecule has 0 fully saturated rings. The standard InChI is InChI=1S/C14H15N5S/c1-2-5-17-13(3-1)14-19-12(9-20-14)8-15-6-4-11-7-16-10-18-11/h1-3,5,7,9-10,15H,4,6,8H2,(H,16,18). The van der Waals surface area contributed by atoms with Crippen LogP contribution in [0.4, 0.5) is 0 Å². The summed E-state index contributed by atoms with van der Waals surface area (Å²) in [6.45, 7) is 1.68. The van der Waals surface area contributed by atoms with E-state index in [1.165, 1.54) is 0 Å². The van der Waals surface area contributed by atoms with Gasteiger partial charge in [-0.25, -0.2) is 9.97 Å². The van der Waals surface area contributed by atoms with Gasteiger partial charge in [0, 0.05) is 43.0 Å². The van der Waals surface area contributed by atoms with Crippen LogP contribution in [0.15, 0.2) is 42.3 Å². The van der Waals surface area contributed by atoms with Crippen LogP contribution in [0.2, 0.25) is 0 Å². The molecule has 20 heavy (non-hydrogen) atoms. The zero-order valence-corrected chi connectivity index (χ0v) is 11.7. The molecular formula is C14H15N5S. The molecule has 3 rings (SSSR count). The van der Waals surface area contributed by atoms with Crippen molar-refractivity contribution >= 4 is 11.3 Å². The van der Waals surface area contributed by atoms with Crippen molar-refractivity contribution < 1.29 is 0 Å². The van der Waals surface area contributed by atoms with Crippen molar-refractivity contribution in [3.05, 3.63) is 53.7 Å². The van der Waals surface area contributed by atoms with Gasteiger partial charge in [0.25, 0.3) is 0 Å². The number of thiazole rings is 1. The first-order chi connectivity index (χ1) is 9.92. The highest BCUT2D eigenvalue weighted by Crippen LogP contribution is 2.21. The van der Waals surface area contributed by atoms with E-state index in [9.17, 15) is 0 Å². The smallest absolute Gasteiger partial charge is 0.142 e. The van der Waals surface area contributed by atoms with Gasteiger partial charge < -0.3 is 10.3 Å². The van der Waals surface area contributed by atoms with E-state index in [1.807, 2.05) is 24.4 Å². The summed E-state index contributed by atoms with van der Waals surface area (Å²) in [5.74, 6) is 0. The van der Waals surface area contributed by atoms with Gasteiger partial charge in [-0.05, 0) is 12.1 Å². The predicted molar refractivity (Wildman–Crippen MR) is 79.3 cm³/mol. The molecule has 0 aliphatic rings. The first kappa shape index (κ1) is 13.0. The topological polar surface area (TPSA) is 66.5 Å². The van der Waals surface area contributed by atoms with Gasteiger partial charge in [0.15, 0.2) is 0 Å². The molecule has 0 saturated heterocycles. The molecule has 5 nitrogen and oxygen atoms in total. The lowest BCUT2D eigenvalue weighted by molar-refractivity contribution is 0.672. The third-order valence-electron chi connectivity index (χ3n) is 2.87. The second-order valence-electron chi connectivity index (χ2n) is 4.36. The fraction of sp³-hybridized carbons (Fsp3) is 0.214. The maximum absolute atomic E-state index is 4.59. The van der Waals surface area contributed by atoms with E-state index in [2.05, 4.69) is 30.6 Å². The summed E-state index contributed by atoms with van der Waals surface area (Å²) >= 11 is 1.63. The molecule has 0 unspecified atom stereocenters. The number of imidazole rings is 1. The lowest BCUT2D eigenvalue weighted by atomic mass is 10.3. The van der Waals surface area contributed by atoms with E-state index in [0.717, 1.165) is 41.6 Å². The van der Waals surface area contributed by atoms with Crippen molar-refractivity contribution in [2.24, 2.45) is 0 Å². The van der Waals surface area contributed by atoms with Gasteiger partial charge in [0.2, 0.25) is 0 Å². The minimum absolute atomic E-state index is 0.775. The van der Waals surface area contributed by atoms with Gasteiger partial charge >= 0.3 is 0 Å². The van der Waals surface area contributed by atoms with Crippen molar-refractivity contribution in [2.75, 3.05) is 6.54 Å². The lowest BCUT2D eigenvalue weighted by Crippen LogP contribution is -2.17. The Kier molecular flexibility index (Phi) is 4.15. The summed E-state index contributed by atoms with van der Waals surface area (Å²) in [5.41, 5.74) is 3.13. The summed E-state index contributed by atoms with van der Waals surface area (Å²) in [4.78, 5) is 16.0. The summed E-state index contributed by atoms with van der Waals surface area (Å²) in [7, 11) is 0. The second-order valence-corrected chi connectivity index (χ2v) is 5.22. The molecule has 0 aromatic carbocycles. The number of rotatable bonds is 6. The first-order valence-corrected chi connectivity index (χ1v) is 7.33. The third kappa shape index (κ3) is 3.28. The van der Waals surface area contributed by atoms with E-state index < -0.39 is 0 Å². The second kappa shape index (κ2) is 6.40. The maximum atomic E-state index is 4.59. The summed E-state index contributed by atoms with van der Waals surface area (Å²) in [6, 6.07) is 5.87. The Morgan fingerprint density at radius 1 is 1.30 bits per heavy atom. The van der Waals surface area contributed by atoms with E-state index >= 15 is 0 Å². The highest BCUT2D eigenvalue weighted by atomic mass is 32.1. The number of aromatic amines is 1. The zero-order chi connectivity index (χ0) is 13.6. The molecule has 0 aliphatic carbocycles. The van der Waals surface area contributed by atoms with Gasteiger partial charge in [-0.2, -0.15) is 0 Å². The van der Waals surface area contributed by atoms with E-state index in [1.54, 1.807) is 23.9 Å². The predicted octanol–water partition coefficient (Wildman–Crippen LogP) is 2.26. The van der Waals surface area contributed by atoms with Gasteiger partial charge in [0.05, 0.1) is 17.7 Å². The van der Waals surface area contributed by atoms with Crippen molar-refractivity contribution in [2.45, 2.75) is 13.0 Å². The molecule has 3 aromatic heterocycles. The number of nitrogens with zero attached hydrogens (tertiary/aromatic N) is 3.